The third-order valence-corrected chi connectivity index (χ3v) is 5.62. The van der Waals surface area contributed by atoms with Gasteiger partial charge in [0.1, 0.15) is 6.10 Å². The lowest BCUT2D eigenvalue weighted by Crippen LogP contribution is -2.46. The SMILES string of the molecule is C=C1CC[C@H]2[C@@H](OC(=O)[C@@]2(O)CO)[C@@H]2[C@@H](CO)CC[C@H]12. The number of rotatable bonds is 2. The van der Waals surface area contributed by atoms with E-state index in [0.717, 1.165) is 24.8 Å². The van der Waals surface area contributed by atoms with Gasteiger partial charge in [0.15, 0.2) is 5.60 Å². The number of carbonyl (C=O) groups is 1. The number of hydrogen-bond acceptors (Lipinski definition) is 5. The smallest absolute Gasteiger partial charge is 0.341 e. The molecule has 5 heteroatoms. The van der Waals surface area contributed by atoms with Crippen molar-refractivity contribution in [3.8, 4) is 0 Å². The fourth-order valence-corrected chi connectivity index (χ4v) is 4.48. The van der Waals surface area contributed by atoms with Crippen molar-refractivity contribution in [2.75, 3.05) is 13.2 Å². The van der Waals surface area contributed by atoms with Crippen LogP contribution in [0.25, 0.3) is 0 Å². The number of carbonyl (C=O) groups excluding carboxylic acids is 1. The summed E-state index contributed by atoms with van der Waals surface area (Å²) in [5.74, 6) is -0.777. The van der Waals surface area contributed by atoms with Gasteiger partial charge >= 0.3 is 5.97 Å². The molecule has 1 saturated heterocycles. The number of ether oxygens (including phenoxy) is 1. The molecule has 1 aliphatic heterocycles. The maximum atomic E-state index is 12.0. The van der Waals surface area contributed by atoms with Gasteiger partial charge in [0, 0.05) is 18.4 Å². The van der Waals surface area contributed by atoms with Crippen LogP contribution in [-0.2, 0) is 9.53 Å². The van der Waals surface area contributed by atoms with E-state index in [1.807, 2.05) is 0 Å². The lowest BCUT2D eigenvalue weighted by Gasteiger charge is -2.31. The van der Waals surface area contributed by atoms with E-state index in [-0.39, 0.29) is 24.4 Å². The second kappa shape index (κ2) is 4.83. The quantitative estimate of drug-likeness (QED) is 0.499. The minimum Gasteiger partial charge on any atom is -0.459 e. The van der Waals surface area contributed by atoms with Gasteiger partial charge in [0.2, 0.25) is 0 Å². The molecule has 0 aromatic rings. The average Bonchev–Trinajstić information content (AvgIpc) is 2.93. The summed E-state index contributed by atoms with van der Waals surface area (Å²) in [5, 5.41) is 29.4. The van der Waals surface area contributed by atoms with Crippen LogP contribution in [-0.4, -0.2) is 46.2 Å². The first-order valence-corrected chi connectivity index (χ1v) is 7.35. The average molecular weight is 282 g/mol. The summed E-state index contributed by atoms with van der Waals surface area (Å²) in [6, 6.07) is 0. The summed E-state index contributed by atoms with van der Waals surface area (Å²) in [6.45, 7) is 3.59. The standard InChI is InChI=1S/C15H22O5/c1-8-2-5-11-13(20-14(18)15(11,19)7-17)12-9(6-16)3-4-10(8)12/h9-13,16-17,19H,1-7H2/t9-,10-,11+,12-,13-,15-/m1/s1. The Morgan fingerprint density at radius 1 is 1.30 bits per heavy atom. The van der Waals surface area contributed by atoms with Crippen molar-refractivity contribution in [1.29, 1.82) is 0 Å². The third-order valence-electron chi connectivity index (χ3n) is 5.62. The summed E-state index contributed by atoms with van der Waals surface area (Å²) in [7, 11) is 0. The Labute approximate surface area is 118 Å². The Kier molecular flexibility index (Phi) is 3.39. The number of hydrogen-bond donors (Lipinski definition) is 3. The molecule has 0 aromatic heterocycles. The van der Waals surface area contributed by atoms with Gasteiger partial charge < -0.3 is 20.1 Å². The number of aliphatic hydroxyl groups excluding tert-OH is 2. The molecule has 6 atom stereocenters. The van der Waals surface area contributed by atoms with E-state index in [9.17, 15) is 20.1 Å². The Hall–Kier alpha value is -0.910. The summed E-state index contributed by atoms with van der Waals surface area (Å²) in [4.78, 5) is 12.0. The maximum Gasteiger partial charge on any atom is 0.341 e. The van der Waals surface area contributed by atoms with E-state index in [0.29, 0.717) is 6.42 Å². The van der Waals surface area contributed by atoms with Crippen molar-refractivity contribution in [3.05, 3.63) is 12.2 Å². The largest absolute Gasteiger partial charge is 0.459 e. The fourth-order valence-electron chi connectivity index (χ4n) is 4.48. The van der Waals surface area contributed by atoms with E-state index < -0.39 is 30.2 Å². The molecule has 0 unspecified atom stereocenters. The summed E-state index contributed by atoms with van der Waals surface area (Å²) < 4.78 is 5.44. The predicted molar refractivity (Wildman–Crippen MR) is 70.6 cm³/mol. The van der Waals surface area contributed by atoms with E-state index in [1.165, 1.54) is 0 Å². The Morgan fingerprint density at radius 2 is 2.05 bits per heavy atom. The first-order valence-electron chi connectivity index (χ1n) is 7.35. The summed E-state index contributed by atoms with van der Waals surface area (Å²) in [5.41, 5.74) is -0.667. The highest BCUT2D eigenvalue weighted by molar-refractivity contribution is 5.82. The molecule has 2 aliphatic carbocycles. The van der Waals surface area contributed by atoms with Crippen LogP contribution in [0.1, 0.15) is 25.7 Å². The first-order chi connectivity index (χ1) is 9.52. The molecule has 5 nitrogen and oxygen atoms in total. The van der Waals surface area contributed by atoms with Crippen LogP contribution in [0.15, 0.2) is 12.2 Å². The van der Waals surface area contributed by atoms with Crippen LogP contribution in [0.3, 0.4) is 0 Å². The highest BCUT2D eigenvalue weighted by Gasteiger charge is 2.61. The summed E-state index contributed by atoms with van der Waals surface area (Å²) >= 11 is 0. The Bertz CT molecular complexity index is 434. The van der Waals surface area contributed by atoms with E-state index in [4.69, 9.17) is 4.74 Å². The number of aliphatic hydroxyl groups is 3. The monoisotopic (exact) mass is 282 g/mol. The molecule has 0 aromatic carbocycles. The van der Waals surface area contributed by atoms with Gasteiger partial charge in [-0.05, 0) is 37.5 Å². The van der Waals surface area contributed by atoms with Crippen LogP contribution in [0, 0.1) is 23.7 Å². The maximum absolute atomic E-state index is 12.0. The van der Waals surface area contributed by atoms with Gasteiger partial charge in [-0.2, -0.15) is 0 Å². The molecule has 20 heavy (non-hydrogen) atoms. The predicted octanol–water partition coefficient (Wildman–Crippen LogP) is 0.236. The summed E-state index contributed by atoms with van der Waals surface area (Å²) in [6.07, 6.45) is 2.76. The van der Waals surface area contributed by atoms with Gasteiger partial charge in [0.05, 0.1) is 6.61 Å². The minimum atomic E-state index is -1.79. The van der Waals surface area contributed by atoms with Crippen molar-refractivity contribution >= 4 is 5.97 Å². The highest BCUT2D eigenvalue weighted by Crippen LogP contribution is 2.53. The zero-order chi connectivity index (χ0) is 14.5. The van der Waals surface area contributed by atoms with E-state index >= 15 is 0 Å². The molecule has 1 heterocycles. The normalized spacial score (nSPS) is 47.6. The highest BCUT2D eigenvalue weighted by atomic mass is 16.6. The lowest BCUT2D eigenvalue weighted by molar-refractivity contribution is -0.160. The van der Waals surface area contributed by atoms with Gasteiger partial charge in [-0.1, -0.05) is 12.2 Å². The van der Waals surface area contributed by atoms with Gasteiger partial charge in [-0.25, -0.2) is 4.79 Å². The molecule has 0 bridgehead atoms. The molecule has 0 amide bonds. The zero-order valence-electron chi connectivity index (χ0n) is 11.5. The van der Waals surface area contributed by atoms with Crippen molar-refractivity contribution in [1.82, 2.24) is 0 Å². The first kappa shape index (κ1) is 14.0. The zero-order valence-corrected chi connectivity index (χ0v) is 11.5. The van der Waals surface area contributed by atoms with Crippen molar-refractivity contribution in [2.45, 2.75) is 37.4 Å². The van der Waals surface area contributed by atoms with Gasteiger partial charge in [-0.15, -0.1) is 0 Å². The third kappa shape index (κ3) is 1.76. The van der Waals surface area contributed by atoms with Crippen LogP contribution in [0.2, 0.25) is 0 Å². The molecule has 0 radical (unpaired) electrons. The second-order valence-electron chi connectivity index (χ2n) is 6.46. The van der Waals surface area contributed by atoms with Crippen molar-refractivity contribution < 1.29 is 24.9 Å². The van der Waals surface area contributed by atoms with Crippen LogP contribution < -0.4 is 0 Å². The lowest BCUT2D eigenvalue weighted by atomic mass is 9.76. The fraction of sp³-hybridized carbons (Fsp3) is 0.800. The van der Waals surface area contributed by atoms with Crippen molar-refractivity contribution in [3.63, 3.8) is 0 Å². The van der Waals surface area contributed by atoms with Crippen molar-refractivity contribution in [2.24, 2.45) is 23.7 Å². The molecule has 3 aliphatic rings. The minimum absolute atomic E-state index is 0.0181. The molecular formula is C15H22O5. The van der Waals surface area contributed by atoms with E-state index in [2.05, 4.69) is 6.58 Å². The second-order valence-corrected chi connectivity index (χ2v) is 6.46. The van der Waals surface area contributed by atoms with Crippen LogP contribution in [0.5, 0.6) is 0 Å². The Morgan fingerprint density at radius 3 is 2.70 bits per heavy atom. The molecule has 0 spiro atoms. The molecule has 3 rings (SSSR count). The van der Waals surface area contributed by atoms with Gasteiger partial charge in [0.25, 0.3) is 0 Å². The molecule has 112 valence electrons. The van der Waals surface area contributed by atoms with Crippen LogP contribution in [0.4, 0.5) is 0 Å². The number of esters is 1. The molecule has 3 N–H and O–H groups in total. The number of fused-ring (bicyclic) bond motifs is 3. The van der Waals surface area contributed by atoms with Crippen LogP contribution >= 0.6 is 0 Å². The number of allylic oxidation sites excluding steroid dienone is 1. The topological polar surface area (TPSA) is 87.0 Å². The molecule has 3 fully saturated rings. The molecule has 2 saturated carbocycles. The molecular weight excluding hydrogens is 260 g/mol. The van der Waals surface area contributed by atoms with E-state index in [1.54, 1.807) is 0 Å². The van der Waals surface area contributed by atoms with Gasteiger partial charge in [-0.3, -0.25) is 0 Å². The Balaban J connectivity index is 1.98.